The van der Waals surface area contributed by atoms with E-state index in [4.69, 9.17) is 14.2 Å². The van der Waals surface area contributed by atoms with E-state index in [0.717, 1.165) is 17.1 Å². The van der Waals surface area contributed by atoms with Crippen molar-refractivity contribution in [1.29, 1.82) is 0 Å². The summed E-state index contributed by atoms with van der Waals surface area (Å²) in [6.07, 6.45) is 0.167. The van der Waals surface area contributed by atoms with Crippen LogP contribution in [-0.4, -0.2) is 12.3 Å². The first-order valence-electron chi connectivity index (χ1n) is 8.26. The summed E-state index contributed by atoms with van der Waals surface area (Å²) in [5.41, 5.74) is 0.979. The molecule has 0 radical (unpaired) electrons. The Morgan fingerprint density at radius 1 is 1.08 bits per heavy atom. The summed E-state index contributed by atoms with van der Waals surface area (Å²) in [5, 5.41) is 0. The second-order valence-electron chi connectivity index (χ2n) is 6.33. The Labute approximate surface area is 142 Å². The number of carbonyl (C=O) groups excluding carboxylic acids is 1. The van der Waals surface area contributed by atoms with Crippen molar-refractivity contribution < 1.29 is 19.0 Å². The Kier molecular flexibility index (Phi) is 5.16. The highest BCUT2D eigenvalue weighted by Crippen LogP contribution is 2.29. The molecular formula is C20H22O4. The van der Waals surface area contributed by atoms with Gasteiger partial charge < -0.3 is 14.2 Å². The Hall–Kier alpha value is -2.33. The third-order valence-corrected chi connectivity index (χ3v) is 4.11. The number of carbonyl (C=O) groups is 1. The fourth-order valence-electron chi connectivity index (χ4n) is 2.73. The Balaban J connectivity index is 1.57. The fourth-order valence-corrected chi connectivity index (χ4v) is 2.73. The highest BCUT2D eigenvalue weighted by Gasteiger charge is 2.36. The molecule has 2 unspecified atom stereocenters. The average molecular weight is 326 g/mol. The monoisotopic (exact) mass is 326 g/mol. The molecule has 2 atom stereocenters. The van der Waals surface area contributed by atoms with Crippen molar-refractivity contribution in [2.24, 2.45) is 11.8 Å². The van der Waals surface area contributed by atoms with Gasteiger partial charge in [-0.05, 0) is 35.7 Å². The van der Waals surface area contributed by atoms with Gasteiger partial charge in [0.05, 0.1) is 12.5 Å². The molecule has 1 fully saturated rings. The van der Waals surface area contributed by atoms with Crippen LogP contribution < -0.4 is 4.74 Å². The number of para-hydroxylation sites is 1. The van der Waals surface area contributed by atoms with E-state index in [9.17, 15) is 4.79 Å². The minimum atomic E-state index is -0.455. The molecular weight excluding hydrogens is 304 g/mol. The van der Waals surface area contributed by atoms with E-state index in [1.54, 1.807) is 0 Å². The van der Waals surface area contributed by atoms with E-state index in [0.29, 0.717) is 13.0 Å². The first-order valence-corrected chi connectivity index (χ1v) is 8.26. The Morgan fingerprint density at radius 3 is 2.54 bits per heavy atom. The maximum absolute atomic E-state index is 11.8. The van der Waals surface area contributed by atoms with Gasteiger partial charge in [-0.15, -0.1) is 0 Å². The lowest BCUT2D eigenvalue weighted by atomic mass is 9.94. The van der Waals surface area contributed by atoms with Gasteiger partial charge in [-0.1, -0.05) is 44.2 Å². The van der Waals surface area contributed by atoms with Crippen molar-refractivity contribution in [3.63, 3.8) is 0 Å². The number of hydrogen-bond donors (Lipinski definition) is 0. The molecule has 4 heteroatoms. The highest BCUT2D eigenvalue weighted by molar-refractivity contribution is 5.74. The largest absolute Gasteiger partial charge is 0.457 e. The van der Waals surface area contributed by atoms with Crippen LogP contribution in [0, 0.1) is 11.8 Å². The Bertz CT molecular complexity index is 681. The summed E-state index contributed by atoms with van der Waals surface area (Å²) >= 11 is 0. The first-order chi connectivity index (χ1) is 11.6. The van der Waals surface area contributed by atoms with Crippen LogP contribution in [0.25, 0.3) is 0 Å². The van der Waals surface area contributed by atoms with Crippen molar-refractivity contribution in [3.8, 4) is 11.5 Å². The van der Waals surface area contributed by atoms with Crippen molar-refractivity contribution in [2.45, 2.75) is 33.2 Å². The van der Waals surface area contributed by atoms with E-state index in [1.165, 1.54) is 0 Å². The number of esters is 1. The van der Waals surface area contributed by atoms with Gasteiger partial charge in [-0.3, -0.25) is 4.79 Å². The molecule has 4 nitrogen and oxygen atoms in total. The number of ether oxygens (including phenoxy) is 3. The van der Waals surface area contributed by atoms with E-state index in [1.807, 2.05) is 68.4 Å². The second-order valence-corrected chi connectivity index (χ2v) is 6.33. The molecule has 1 heterocycles. The van der Waals surface area contributed by atoms with Crippen LogP contribution in [0.5, 0.6) is 11.5 Å². The lowest BCUT2D eigenvalue weighted by Gasteiger charge is -2.12. The third-order valence-electron chi connectivity index (χ3n) is 4.11. The van der Waals surface area contributed by atoms with Crippen LogP contribution in [0.15, 0.2) is 54.6 Å². The standard InChI is InChI=1S/C20H22O4/c1-14(2)18-12-19(24-20(18)21)22-13-15-7-6-10-17(11-15)23-16-8-4-3-5-9-16/h3-11,14,18-19H,12-13H2,1-2H3. The van der Waals surface area contributed by atoms with Crippen molar-refractivity contribution >= 4 is 5.97 Å². The number of benzene rings is 2. The molecule has 0 bridgehead atoms. The van der Waals surface area contributed by atoms with Crippen LogP contribution in [0.4, 0.5) is 0 Å². The SMILES string of the molecule is CC(C)C1CC(OCc2cccc(Oc3ccccc3)c2)OC1=O. The minimum absolute atomic E-state index is 0.0669. The molecule has 0 N–H and O–H groups in total. The zero-order valence-corrected chi connectivity index (χ0v) is 14.0. The molecule has 1 aliphatic rings. The van der Waals surface area contributed by atoms with Crippen LogP contribution in [0.2, 0.25) is 0 Å². The lowest BCUT2D eigenvalue weighted by Crippen LogP contribution is -2.13. The highest BCUT2D eigenvalue weighted by atomic mass is 16.7. The van der Waals surface area contributed by atoms with Crippen LogP contribution in [0.3, 0.4) is 0 Å². The molecule has 1 saturated heterocycles. The van der Waals surface area contributed by atoms with Gasteiger partial charge in [0.25, 0.3) is 0 Å². The van der Waals surface area contributed by atoms with Gasteiger partial charge in [0.2, 0.25) is 6.29 Å². The van der Waals surface area contributed by atoms with Gasteiger partial charge in [-0.2, -0.15) is 0 Å². The van der Waals surface area contributed by atoms with Crippen LogP contribution >= 0.6 is 0 Å². The van der Waals surface area contributed by atoms with Gasteiger partial charge in [-0.25, -0.2) is 0 Å². The fraction of sp³-hybridized carbons (Fsp3) is 0.350. The molecule has 126 valence electrons. The second kappa shape index (κ2) is 7.49. The normalized spacial score (nSPS) is 20.2. The molecule has 2 aromatic rings. The smallest absolute Gasteiger partial charge is 0.311 e. The average Bonchev–Trinajstić information content (AvgIpc) is 2.95. The van der Waals surface area contributed by atoms with Gasteiger partial charge in [0.1, 0.15) is 11.5 Å². The molecule has 2 aromatic carbocycles. The molecule has 0 saturated carbocycles. The van der Waals surface area contributed by atoms with Crippen LogP contribution in [-0.2, 0) is 20.9 Å². The molecule has 0 spiro atoms. The van der Waals surface area contributed by atoms with Gasteiger partial charge >= 0.3 is 5.97 Å². The number of rotatable bonds is 6. The van der Waals surface area contributed by atoms with Crippen molar-refractivity contribution in [1.82, 2.24) is 0 Å². The molecule has 1 aliphatic heterocycles. The van der Waals surface area contributed by atoms with E-state index >= 15 is 0 Å². The topological polar surface area (TPSA) is 44.8 Å². The molecule has 0 amide bonds. The van der Waals surface area contributed by atoms with E-state index in [-0.39, 0.29) is 17.8 Å². The zero-order valence-electron chi connectivity index (χ0n) is 14.0. The summed E-state index contributed by atoms with van der Waals surface area (Å²) in [6.45, 7) is 4.44. The van der Waals surface area contributed by atoms with E-state index < -0.39 is 6.29 Å². The first kappa shape index (κ1) is 16.5. The number of hydrogen-bond acceptors (Lipinski definition) is 4. The van der Waals surface area contributed by atoms with Crippen molar-refractivity contribution in [2.75, 3.05) is 0 Å². The molecule has 3 rings (SSSR count). The summed E-state index contributed by atoms with van der Waals surface area (Å²) in [6, 6.07) is 17.4. The zero-order chi connectivity index (χ0) is 16.9. The summed E-state index contributed by atoms with van der Waals surface area (Å²) < 4.78 is 16.9. The lowest BCUT2D eigenvalue weighted by molar-refractivity contribution is -0.165. The summed E-state index contributed by atoms with van der Waals surface area (Å²) in [4.78, 5) is 11.8. The van der Waals surface area contributed by atoms with Crippen molar-refractivity contribution in [3.05, 3.63) is 60.2 Å². The van der Waals surface area contributed by atoms with Gasteiger partial charge in [0, 0.05) is 6.42 Å². The third kappa shape index (κ3) is 4.15. The maximum Gasteiger partial charge on any atom is 0.311 e. The number of cyclic esters (lactones) is 1. The minimum Gasteiger partial charge on any atom is -0.457 e. The van der Waals surface area contributed by atoms with Gasteiger partial charge in [0.15, 0.2) is 0 Å². The quantitative estimate of drug-likeness (QED) is 0.731. The summed E-state index contributed by atoms with van der Waals surface area (Å²) in [5.74, 6) is 1.60. The predicted molar refractivity (Wildman–Crippen MR) is 90.6 cm³/mol. The molecule has 0 aliphatic carbocycles. The Morgan fingerprint density at radius 2 is 1.83 bits per heavy atom. The summed E-state index contributed by atoms with van der Waals surface area (Å²) in [7, 11) is 0. The molecule has 24 heavy (non-hydrogen) atoms. The predicted octanol–water partition coefficient (Wildman–Crippen LogP) is 4.54. The van der Waals surface area contributed by atoms with Crippen LogP contribution in [0.1, 0.15) is 25.8 Å². The maximum atomic E-state index is 11.8. The molecule has 0 aromatic heterocycles. The van der Waals surface area contributed by atoms with E-state index in [2.05, 4.69) is 0 Å².